The van der Waals surface area contributed by atoms with Gasteiger partial charge in [-0.1, -0.05) is 30.8 Å². The summed E-state index contributed by atoms with van der Waals surface area (Å²) in [6, 6.07) is 19.2. The summed E-state index contributed by atoms with van der Waals surface area (Å²) in [6.45, 7) is 7.37. The number of amides is 1. The minimum Gasteiger partial charge on any atom is -0.439 e. The largest absolute Gasteiger partial charge is 0.439 e. The number of rotatable bonds is 6. The van der Waals surface area contributed by atoms with Crippen molar-refractivity contribution in [2.45, 2.75) is 13.8 Å². The monoisotopic (exact) mass is 476 g/mol. The molecule has 5 rings (SSSR count). The van der Waals surface area contributed by atoms with Crippen molar-refractivity contribution >= 4 is 28.4 Å². The molecule has 0 radical (unpaired) electrons. The highest BCUT2D eigenvalue weighted by Gasteiger charge is 2.18. The first kappa shape index (κ1) is 22.8. The number of ether oxygens (including phenoxy) is 1. The maximum absolute atomic E-state index is 11.7. The molecular weight excluding hydrogens is 452 g/mol. The number of carbonyl (C=O) groups is 1. The van der Waals surface area contributed by atoms with Crippen LogP contribution in [0.3, 0.4) is 0 Å². The number of hydrogen-bond donors (Lipinski definition) is 3. The summed E-state index contributed by atoms with van der Waals surface area (Å²) in [5, 5.41) is 10.7. The van der Waals surface area contributed by atoms with Crippen LogP contribution in [0, 0.1) is 13.8 Å². The van der Waals surface area contributed by atoms with Crippen LogP contribution in [0.2, 0.25) is 0 Å². The van der Waals surface area contributed by atoms with E-state index in [0.29, 0.717) is 23.3 Å². The summed E-state index contributed by atoms with van der Waals surface area (Å²) >= 11 is 0. The topological polar surface area (TPSA) is 119 Å². The fourth-order valence-corrected chi connectivity index (χ4v) is 4.13. The van der Waals surface area contributed by atoms with Crippen LogP contribution in [-0.4, -0.2) is 26.1 Å². The van der Waals surface area contributed by atoms with Gasteiger partial charge in [0.1, 0.15) is 11.6 Å². The van der Waals surface area contributed by atoms with Crippen molar-refractivity contribution in [3.8, 4) is 33.9 Å². The number of benzene rings is 2. The third kappa shape index (κ3) is 4.39. The van der Waals surface area contributed by atoms with Gasteiger partial charge in [0.15, 0.2) is 5.82 Å². The summed E-state index contributed by atoms with van der Waals surface area (Å²) in [5.41, 5.74) is 12.7. The van der Waals surface area contributed by atoms with Crippen molar-refractivity contribution in [1.82, 2.24) is 20.2 Å². The van der Waals surface area contributed by atoms with Crippen molar-refractivity contribution in [3.63, 3.8) is 0 Å². The van der Waals surface area contributed by atoms with E-state index in [4.69, 9.17) is 10.5 Å². The first-order valence-corrected chi connectivity index (χ1v) is 11.3. The zero-order chi connectivity index (χ0) is 25.2. The number of H-pyrrole nitrogens is 1. The van der Waals surface area contributed by atoms with Gasteiger partial charge in [-0.05, 0) is 66.9 Å². The van der Waals surface area contributed by atoms with E-state index in [2.05, 4.69) is 32.1 Å². The van der Waals surface area contributed by atoms with Crippen molar-refractivity contribution in [2.75, 3.05) is 11.1 Å². The van der Waals surface area contributed by atoms with Gasteiger partial charge in [0.25, 0.3) is 0 Å². The standard InChI is InChI=1S/C28H24N6O2/c1-4-24(35)32-23-14-16(2)21(15-30-23)20-12-13-22-27(28(29)34-33-22)26(20)18-8-10-19(11-9-18)36-25-7-5-6-17(3)31-25/h4-15H,1H2,2-3H3,(H3,29,33,34)(H,30,32,35). The van der Waals surface area contributed by atoms with E-state index in [0.717, 1.165) is 44.4 Å². The van der Waals surface area contributed by atoms with E-state index in [1.54, 1.807) is 6.20 Å². The second kappa shape index (κ2) is 9.34. The van der Waals surface area contributed by atoms with Gasteiger partial charge in [-0.3, -0.25) is 9.89 Å². The van der Waals surface area contributed by atoms with E-state index in [1.807, 2.05) is 74.5 Å². The fraction of sp³-hybridized carbons (Fsp3) is 0.0714. The molecule has 1 amide bonds. The van der Waals surface area contributed by atoms with Gasteiger partial charge in [0, 0.05) is 29.1 Å². The van der Waals surface area contributed by atoms with Crippen molar-refractivity contribution in [1.29, 1.82) is 0 Å². The molecule has 8 nitrogen and oxygen atoms in total. The fourth-order valence-electron chi connectivity index (χ4n) is 4.13. The van der Waals surface area contributed by atoms with Gasteiger partial charge in [0.2, 0.25) is 11.8 Å². The summed E-state index contributed by atoms with van der Waals surface area (Å²) < 4.78 is 5.93. The SMILES string of the molecule is C=CC(=O)Nc1cc(C)c(-c2ccc3[nH]nc(N)c3c2-c2ccc(Oc3cccc(C)n3)cc2)cn1. The van der Waals surface area contributed by atoms with Crippen LogP contribution in [0.15, 0.2) is 79.5 Å². The van der Waals surface area contributed by atoms with E-state index in [1.165, 1.54) is 6.08 Å². The Labute approximate surface area is 207 Å². The highest BCUT2D eigenvalue weighted by atomic mass is 16.5. The lowest BCUT2D eigenvalue weighted by atomic mass is 9.90. The zero-order valence-corrected chi connectivity index (χ0v) is 19.9. The van der Waals surface area contributed by atoms with Gasteiger partial charge < -0.3 is 15.8 Å². The lowest BCUT2D eigenvalue weighted by molar-refractivity contribution is -0.111. The lowest BCUT2D eigenvalue weighted by Crippen LogP contribution is -2.09. The molecule has 0 fully saturated rings. The minimum atomic E-state index is -0.314. The number of nitrogens with two attached hydrogens (primary N) is 1. The number of aromatic nitrogens is 4. The Morgan fingerprint density at radius 1 is 1.08 bits per heavy atom. The Bertz CT molecular complexity index is 1610. The summed E-state index contributed by atoms with van der Waals surface area (Å²) in [5.74, 6) is 1.76. The van der Waals surface area contributed by atoms with Crippen LogP contribution in [0.4, 0.5) is 11.6 Å². The van der Waals surface area contributed by atoms with Crippen LogP contribution in [0.25, 0.3) is 33.2 Å². The number of aryl methyl sites for hydroxylation is 2. The van der Waals surface area contributed by atoms with Gasteiger partial charge in [-0.25, -0.2) is 9.97 Å². The van der Waals surface area contributed by atoms with E-state index < -0.39 is 0 Å². The van der Waals surface area contributed by atoms with Gasteiger partial charge in [-0.15, -0.1) is 0 Å². The third-order valence-corrected chi connectivity index (χ3v) is 5.82. The van der Waals surface area contributed by atoms with E-state index in [-0.39, 0.29) is 5.91 Å². The second-order valence-electron chi connectivity index (χ2n) is 8.34. The Hall–Kier alpha value is -4.98. The molecule has 0 unspecified atom stereocenters. The van der Waals surface area contributed by atoms with E-state index in [9.17, 15) is 4.79 Å². The smallest absolute Gasteiger partial charge is 0.248 e. The first-order valence-electron chi connectivity index (χ1n) is 11.3. The Balaban J connectivity index is 1.59. The van der Waals surface area contributed by atoms with Crippen LogP contribution < -0.4 is 15.8 Å². The molecule has 2 aromatic carbocycles. The number of pyridine rings is 2. The summed E-state index contributed by atoms with van der Waals surface area (Å²) in [4.78, 5) is 20.5. The molecule has 36 heavy (non-hydrogen) atoms. The van der Waals surface area contributed by atoms with E-state index >= 15 is 0 Å². The molecule has 0 spiro atoms. The van der Waals surface area contributed by atoms with Crippen LogP contribution in [0.1, 0.15) is 11.3 Å². The van der Waals surface area contributed by atoms with Crippen molar-refractivity contribution in [2.24, 2.45) is 0 Å². The summed E-state index contributed by atoms with van der Waals surface area (Å²) in [7, 11) is 0. The lowest BCUT2D eigenvalue weighted by Gasteiger charge is -2.15. The number of fused-ring (bicyclic) bond motifs is 1. The number of hydrogen-bond acceptors (Lipinski definition) is 6. The maximum Gasteiger partial charge on any atom is 0.248 e. The number of nitrogen functional groups attached to an aromatic ring is 1. The van der Waals surface area contributed by atoms with Crippen LogP contribution in [-0.2, 0) is 4.79 Å². The Kier molecular flexibility index (Phi) is 5.92. The quantitative estimate of drug-likeness (QED) is 0.266. The zero-order valence-electron chi connectivity index (χ0n) is 19.9. The highest BCUT2D eigenvalue weighted by Crippen LogP contribution is 2.41. The molecule has 0 aliphatic heterocycles. The predicted octanol–water partition coefficient (Wildman–Crippen LogP) is 5.80. The molecule has 0 bridgehead atoms. The molecule has 8 heteroatoms. The Morgan fingerprint density at radius 2 is 1.89 bits per heavy atom. The minimum absolute atomic E-state index is 0.314. The Morgan fingerprint density at radius 3 is 2.61 bits per heavy atom. The first-order chi connectivity index (χ1) is 17.4. The molecule has 178 valence electrons. The highest BCUT2D eigenvalue weighted by molar-refractivity contribution is 6.08. The molecule has 0 atom stereocenters. The molecule has 0 saturated carbocycles. The molecule has 0 aliphatic rings. The van der Waals surface area contributed by atoms with Crippen LogP contribution in [0.5, 0.6) is 11.6 Å². The number of carbonyl (C=O) groups excluding carboxylic acids is 1. The molecular formula is C28H24N6O2. The predicted molar refractivity (Wildman–Crippen MR) is 142 cm³/mol. The number of aromatic amines is 1. The number of nitrogens with one attached hydrogen (secondary N) is 2. The van der Waals surface area contributed by atoms with Crippen LogP contribution >= 0.6 is 0 Å². The molecule has 0 aliphatic carbocycles. The molecule has 3 aromatic heterocycles. The maximum atomic E-state index is 11.7. The normalized spacial score (nSPS) is 10.8. The molecule has 4 N–H and O–H groups in total. The third-order valence-electron chi connectivity index (χ3n) is 5.82. The van der Waals surface area contributed by atoms with Gasteiger partial charge >= 0.3 is 0 Å². The summed E-state index contributed by atoms with van der Waals surface area (Å²) in [6.07, 6.45) is 2.96. The number of anilines is 2. The van der Waals surface area contributed by atoms with Crippen molar-refractivity contribution < 1.29 is 9.53 Å². The van der Waals surface area contributed by atoms with Gasteiger partial charge in [0.05, 0.1) is 10.9 Å². The number of nitrogens with zero attached hydrogens (tertiary/aromatic N) is 3. The molecule has 3 heterocycles. The average molecular weight is 477 g/mol. The van der Waals surface area contributed by atoms with Crippen molar-refractivity contribution in [3.05, 3.63) is 90.8 Å². The molecule has 5 aromatic rings. The molecule has 0 saturated heterocycles. The second-order valence-corrected chi connectivity index (χ2v) is 8.34. The average Bonchev–Trinajstić information content (AvgIpc) is 3.25. The van der Waals surface area contributed by atoms with Gasteiger partial charge in [-0.2, -0.15) is 5.10 Å².